The molecule has 2 aromatic carbocycles. The van der Waals surface area contributed by atoms with Gasteiger partial charge in [0.15, 0.2) is 0 Å². The average molecular weight is 344 g/mol. The Labute approximate surface area is 135 Å². The van der Waals surface area contributed by atoms with Crippen LogP contribution in [0.2, 0.25) is 0 Å². The smallest absolute Gasteiger partial charge is 0.0207 e. The van der Waals surface area contributed by atoms with Gasteiger partial charge in [0.1, 0.15) is 0 Å². The highest BCUT2D eigenvalue weighted by Crippen LogP contribution is 2.38. The lowest BCUT2D eigenvalue weighted by Crippen LogP contribution is -2.34. The molecule has 0 spiro atoms. The van der Waals surface area contributed by atoms with Crippen molar-refractivity contribution in [3.05, 3.63) is 69.2 Å². The maximum Gasteiger partial charge on any atom is 0.0207 e. The van der Waals surface area contributed by atoms with E-state index in [1.165, 1.54) is 33.1 Å². The first-order chi connectivity index (χ1) is 10.1. The number of rotatable bonds is 2. The fourth-order valence-electron chi connectivity index (χ4n) is 3.26. The molecule has 1 aliphatic heterocycles. The highest BCUT2D eigenvalue weighted by atomic mass is 79.9. The normalized spacial score (nSPS) is 22.2. The van der Waals surface area contributed by atoms with Gasteiger partial charge in [0.25, 0.3) is 0 Å². The van der Waals surface area contributed by atoms with Crippen LogP contribution in [-0.4, -0.2) is 13.1 Å². The van der Waals surface area contributed by atoms with Crippen LogP contribution in [0.1, 0.15) is 40.5 Å². The standard InChI is InChI=1S/C19H22BrN/c1-13-3-6-15(7-4-13)18-12-21-10-9-17(18)16-8-5-14(2)19(20)11-16/h3-8,11,17-18,21H,9-10,12H2,1-2H3. The molecule has 1 heterocycles. The fourth-order valence-corrected chi connectivity index (χ4v) is 3.66. The van der Waals surface area contributed by atoms with Crippen molar-refractivity contribution in [2.75, 3.05) is 13.1 Å². The Bertz CT molecular complexity index is 618. The average Bonchev–Trinajstić information content (AvgIpc) is 2.51. The molecule has 2 aromatic rings. The molecular formula is C19H22BrN. The SMILES string of the molecule is Cc1ccc(C2CNCCC2c2ccc(C)c(Br)c2)cc1. The van der Waals surface area contributed by atoms with Gasteiger partial charge in [0, 0.05) is 16.9 Å². The Kier molecular flexibility index (Phi) is 4.46. The van der Waals surface area contributed by atoms with E-state index in [9.17, 15) is 0 Å². The molecule has 21 heavy (non-hydrogen) atoms. The zero-order chi connectivity index (χ0) is 14.8. The van der Waals surface area contributed by atoms with E-state index in [0.29, 0.717) is 11.8 Å². The molecule has 1 N–H and O–H groups in total. The summed E-state index contributed by atoms with van der Waals surface area (Å²) in [5.41, 5.74) is 5.55. The van der Waals surface area contributed by atoms with Crippen molar-refractivity contribution in [3.8, 4) is 0 Å². The first-order valence-corrected chi connectivity index (χ1v) is 8.48. The van der Waals surface area contributed by atoms with E-state index in [2.05, 4.69) is 77.6 Å². The molecule has 110 valence electrons. The Morgan fingerprint density at radius 1 is 0.952 bits per heavy atom. The second-order valence-corrected chi connectivity index (χ2v) is 6.98. The maximum atomic E-state index is 3.68. The van der Waals surface area contributed by atoms with Crippen LogP contribution in [0.25, 0.3) is 0 Å². The Morgan fingerprint density at radius 2 is 1.67 bits per heavy atom. The largest absolute Gasteiger partial charge is 0.316 e. The van der Waals surface area contributed by atoms with Crippen molar-refractivity contribution in [2.24, 2.45) is 0 Å². The topological polar surface area (TPSA) is 12.0 Å². The lowest BCUT2D eigenvalue weighted by Gasteiger charge is -2.33. The molecule has 3 rings (SSSR count). The summed E-state index contributed by atoms with van der Waals surface area (Å²) in [6, 6.07) is 15.9. The summed E-state index contributed by atoms with van der Waals surface area (Å²) >= 11 is 3.68. The summed E-state index contributed by atoms with van der Waals surface area (Å²) in [7, 11) is 0. The maximum absolute atomic E-state index is 3.68. The summed E-state index contributed by atoms with van der Waals surface area (Å²) in [6.45, 7) is 6.48. The number of hydrogen-bond donors (Lipinski definition) is 1. The van der Waals surface area contributed by atoms with Gasteiger partial charge < -0.3 is 5.32 Å². The lowest BCUT2D eigenvalue weighted by atomic mass is 9.77. The predicted molar refractivity (Wildman–Crippen MR) is 93.0 cm³/mol. The monoisotopic (exact) mass is 343 g/mol. The summed E-state index contributed by atoms with van der Waals surface area (Å²) in [5, 5.41) is 3.56. The van der Waals surface area contributed by atoms with Crippen molar-refractivity contribution in [1.29, 1.82) is 0 Å². The van der Waals surface area contributed by atoms with Gasteiger partial charge in [-0.3, -0.25) is 0 Å². The first kappa shape index (κ1) is 14.8. The van der Waals surface area contributed by atoms with Gasteiger partial charge in [-0.1, -0.05) is 57.9 Å². The lowest BCUT2D eigenvalue weighted by molar-refractivity contribution is 0.404. The second-order valence-electron chi connectivity index (χ2n) is 6.13. The van der Waals surface area contributed by atoms with E-state index in [0.717, 1.165) is 13.1 Å². The van der Waals surface area contributed by atoms with Crippen LogP contribution >= 0.6 is 15.9 Å². The minimum absolute atomic E-state index is 0.564. The Morgan fingerprint density at radius 3 is 2.38 bits per heavy atom. The van der Waals surface area contributed by atoms with Crippen LogP contribution in [0.3, 0.4) is 0 Å². The van der Waals surface area contributed by atoms with E-state index in [1.807, 2.05) is 0 Å². The van der Waals surface area contributed by atoms with Crippen molar-refractivity contribution in [2.45, 2.75) is 32.1 Å². The number of halogens is 1. The van der Waals surface area contributed by atoms with Crippen LogP contribution < -0.4 is 5.32 Å². The zero-order valence-electron chi connectivity index (χ0n) is 12.7. The second kappa shape index (κ2) is 6.33. The Balaban J connectivity index is 1.94. The van der Waals surface area contributed by atoms with Crippen molar-refractivity contribution in [1.82, 2.24) is 5.32 Å². The molecule has 2 unspecified atom stereocenters. The highest BCUT2D eigenvalue weighted by molar-refractivity contribution is 9.10. The van der Waals surface area contributed by atoms with E-state index in [-0.39, 0.29) is 0 Å². The summed E-state index contributed by atoms with van der Waals surface area (Å²) in [5.74, 6) is 1.17. The van der Waals surface area contributed by atoms with Gasteiger partial charge in [-0.2, -0.15) is 0 Å². The molecule has 0 radical (unpaired) electrons. The first-order valence-electron chi connectivity index (χ1n) is 7.68. The van der Waals surface area contributed by atoms with Gasteiger partial charge in [-0.05, 0) is 55.5 Å². The molecular weight excluding hydrogens is 322 g/mol. The van der Waals surface area contributed by atoms with Crippen LogP contribution in [0.5, 0.6) is 0 Å². The fraction of sp³-hybridized carbons (Fsp3) is 0.368. The van der Waals surface area contributed by atoms with Gasteiger partial charge in [-0.15, -0.1) is 0 Å². The quantitative estimate of drug-likeness (QED) is 0.815. The zero-order valence-corrected chi connectivity index (χ0v) is 14.3. The van der Waals surface area contributed by atoms with Gasteiger partial charge in [-0.25, -0.2) is 0 Å². The molecule has 0 saturated carbocycles. The van der Waals surface area contributed by atoms with Crippen LogP contribution in [0, 0.1) is 13.8 Å². The van der Waals surface area contributed by atoms with Crippen LogP contribution in [0.4, 0.5) is 0 Å². The van der Waals surface area contributed by atoms with E-state index >= 15 is 0 Å². The predicted octanol–water partition coefficient (Wildman–Crippen LogP) is 4.93. The molecule has 0 amide bonds. The summed E-state index contributed by atoms with van der Waals surface area (Å²) < 4.78 is 1.22. The third-order valence-corrected chi connectivity index (χ3v) is 5.47. The van der Waals surface area contributed by atoms with Crippen LogP contribution in [-0.2, 0) is 0 Å². The Hall–Kier alpha value is -1.12. The highest BCUT2D eigenvalue weighted by Gasteiger charge is 2.27. The molecule has 1 aliphatic rings. The number of hydrogen-bond acceptors (Lipinski definition) is 1. The number of aryl methyl sites for hydroxylation is 2. The van der Waals surface area contributed by atoms with E-state index < -0.39 is 0 Å². The molecule has 1 saturated heterocycles. The number of piperidine rings is 1. The summed E-state index contributed by atoms with van der Waals surface area (Å²) in [4.78, 5) is 0. The molecule has 1 nitrogen and oxygen atoms in total. The van der Waals surface area contributed by atoms with Gasteiger partial charge in [0.2, 0.25) is 0 Å². The third kappa shape index (κ3) is 3.22. The number of benzene rings is 2. The third-order valence-electron chi connectivity index (χ3n) is 4.61. The molecule has 0 aliphatic carbocycles. The summed E-state index contributed by atoms with van der Waals surface area (Å²) in [6.07, 6.45) is 1.20. The van der Waals surface area contributed by atoms with Crippen LogP contribution in [0.15, 0.2) is 46.9 Å². The molecule has 2 atom stereocenters. The van der Waals surface area contributed by atoms with Crippen molar-refractivity contribution < 1.29 is 0 Å². The number of nitrogens with one attached hydrogen (secondary N) is 1. The molecule has 1 fully saturated rings. The van der Waals surface area contributed by atoms with Crippen molar-refractivity contribution >= 4 is 15.9 Å². The molecule has 2 heteroatoms. The van der Waals surface area contributed by atoms with Gasteiger partial charge >= 0.3 is 0 Å². The molecule has 0 aromatic heterocycles. The molecule has 0 bridgehead atoms. The van der Waals surface area contributed by atoms with Gasteiger partial charge in [0.05, 0.1) is 0 Å². The van der Waals surface area contributed by atoms with E-state index in [4.69, 9.17) is 0 Å². The van der Waals surface area contributed by atoms with E-state index in [1.54, 1.807) is 0 Å². The van der Waals surface area contributed by atoms with Crippen molar-refractivity contribution in [3.63, 3.8) is 0 Å². The minimum Gasteiger partial charge on any atom is -0.316 e. The minimum atomic E-state index is 0.564.